The Morgan fingerprint density at radius 1 is 0.643 bits per heavy atom. The van der Waals surface area contributed by atoms with Crippen LogP contribution in [0.4, 0.5) is 0 Å². The topological polar surface area (TPSA) is 393 Å². The van der Waals surface area contributed by atoms with Gasteiger partial charge < -0.3 is 65.0 Å². The Hall–Kier alpha value is -6.32. The van der Waals surface area contributed by atoms with E-state index in [0.29, 0.717) is 5.56 Å². The van der Waals surface area contributed by atoms with E-state index in [4.69, 9.17) is 28.7 Å². The molecule has 0 aliphatic carbocycles. The molecule has 0 radical (unpaired) electrons. The van der Waals surface area contributed by atoms with E-state index in [2.05, 4.69) is 21.3 Å². The molecule has 0 unspecified atom stereocenters. The van der Waals surface area contributed by atoms with Gasteiger partial charge in [0, 0.05) is 38.6 Å². The molecular weight excluding hydrogens is 740 g/mol. The van der Waals surface area contributed by atoms with Crippen LogP contribution in [0.25, 0.3) is 0 Å². The summed E-state index contributed by atoms with van der Waals surface area (Å²) in [5, 5.41) is 28.9. The summed E-state index contributed by atoms with van der Waals surface area (Å²) >= 11 is 0. The molecule has 1 fully saturated rings. The zero-order chi connectivity index (χ0) is 42.1. The lowest BCUT2D eigenvalue weighted by Gasteiger charge is -2.31. The molecule has 0 aromatic heterocycles. The van der Waals surface area contributed by atoms with Gasteiger partial charge in [-0.15, -0.1) is 0 Å². The number of hydrogen-bond acceptors (Lipinski definition) is 12. The highest BCUT2D eigenvalue weighted by Gasteiger charge is 2.40. The van der Waals surface area contributed by atoms with Gasteiger partial charge in [0.2, 0.25) is 53.2 Å². The van der Waals surface area contributed by atoms with Crippen LogP contribution in [0.15, 0.2) is 24.3 Å². The van der Waals surface area contributed by atoms with E-state index in [9.17, 15) is 58.2 Å². The number of nitrogens with one attached hydrogen (secondary N) is 4. The van der Waals surface area contributed by atoms with Crippen LogP contribution in [0.3, 0.4) is 0 Å². The van der Waals surface area contributed by atoms with Gasteiger partial charge in [-0.3, -0.25) is 43.2 Å². The average Bonchev–Trinajstić information content (AvgIpc) is 3.62. The van der Waals surface area contributed by atoms with Crippen molar-refractivity contribution in [2.24, 2.45) is 28.7 Å². The lowest BCUT2D eigenvalue weighted by atomic mass is 10.0. The molecule has 0 saturated carbocycles. The van der Waals surface area contributed by atoms with E-state index in [0.717, 1.165) is 4.90 Å². The molecule has 6 atom stereocenters. The largest absolute Gasteiger partial charge is 0.508 e. The number of nitrogens with two attached hydrogens (primary N) is 5. The zero-order valence-corrected chi connectivity index (χ0v) is 30.6. The third kappa shape index (κ3) is 15.6. The number of aliphatic carboxylic acids is 1. The molecule has 2 rings (SSSR count). The minimum atomic E-state index is -1.50. The van der Waals surface area contributed by atoms with Crippen LogP contribution in [-0.4, -0.2) is 117 Å². The van der Waals surface area contributed by atoms with Crippen molar-refractivity contribution in [1.29, 1.82) is 0 Å². The van der Waals surface area contributed by atoms with Crippen molar-refractivity contribution in [3.8, 4) is 5.75 Å². The Morgan fingerprint density at radius 3 is 1.59 bits per heavy atom. The van der Waals surface area contributed by atoms with Gasteiger partial charge in [-0.25, -0.2) is 4.79 Å². The number of nitrogens with zero attached hydrogens (tertiary/aromatic N) is 1. The van der Waals surface area contributed by atoms with Crippen molar-refractivity contribution in [2.45, 2.75) is 107 Å². The van der Waals surface area contributed by atoms with E-state index >= 15 is 0 Å². The summed E-state index contributed by atoms with van der Waals surface area (Å²) in [6.07, 6.45) is -2.39. The molecule has 16 N–H and O–H groups in total. The first-order valence-electron chi connectivity index (χ1n) is 17.7. The van der Waals surface area contributed by atoms with E-state index in [1.54, 1.807) is 0 Å². The number of likely N-dealkylation sites (tertiary alicyclic amines) is 1. The fraction of sp³-hybridized carbons (Fsp3) is 0.529. The summed E-state index contributed by atoms with van der Waals surface area (Å²) in [7, 11) is 0. The number of phenols is 1. The van der Waals surface area contributed by atoms with Crippen LogP contribution in [0.5, 0.6) is 5.75 Å². The van der Waals surface area contributed by atoms with Crippen molar-refractivity contribution < 1.29 is 58.2 Å². The molecule has 9 amide bonds. The number of carbonyl (C=O) groups is 10. The number of primary amides is 4. The van der Waals surface area contributed by atoms with Crippen molar-refractivity contribution in [1.82, 2.24) is 26.2 Å². The van der Waals surface area contributed by atoms with Gasteiger partial charge in [-0.1, -0.05) is 12.1 Å². The smallest absolute Gasteiger partial charge is 0.326 e. The van der Waals surface area contributed by atoms with Crippen molar-refractivity contribution in [3.05, 3.63) is 29.8 Å². The highest BCUT2D eigenvalue weighted by Crippen LogP contribution is 2.21. The second kappa shape index (κ2) is 22.2. The predicted octanol–water partition coefficient (Wildman–Crippen LogP) is -4.66. The summed E-state index contributed by atoms with van der Waals surface area (Å²) in [5.74, 6) is -9.19. The Morgan fingerprint density at radius 2 is 1.09 bits per heavy atom. The Bertz CT molecular complexity index is 1640. The van der Waals surface area contributed by atoms with E-state index < -0.39 is 102 Å². The monoisotopic (exact) mass is 790 g/mol. The molecule has 22 heteroatoms. The molecule has 1 heterocycles. The number of amides is 9. The Labute approximate surface area is 321 Å². The number of aromatic hydroxyl groups is 1. The molecule has 1 aliphatic heterocycles. The van der Waals surface area contributed by atoms with Crippen LogP contribution in [0.2, 0.25) is 0 Å². The van der Waals surface area contributed by atoms with Crippen LogP contribution in [-0.2, 0) is 54.4 Å². The molecular formula is C34H50N10O12. The van der Waals surface area contributed by atoms with E-state index in [-0.39, 0.29) is 76.5 Å². The maximum Gasteiger partial charge on any atom is 0.326 e. The van der Waals surface area contributed by atoms with Crippen molar-refractivity contribution in [3.63, 3.8) is 0 Å². The highest BCUT2D eigenvalue weighted by atomic mass is 16.4. The summed E-state index contributed by atoms with van der Waals surface area (Å²) < 4.78 is 0. The molecule has 0 bridgehead atoms. The number of hydrogen-bond donors (Lipinski definition) is 11. The SMILES string of the molecule is NC(=O)CC[C@H](NC(=O)[C@@H](N)CCC(N)=O)C(=O)N[C@@H](CCC(N)=O)C(=O)N1CCC[C@H]1C(=O)N[C@@H](CCC(N)=O)C(=O)N[C@@H](Cc1ccc(O)cc1)C(=O)O. The minimum Gasteiger partial charge on any atom is -0.508 e. The summed E-state index contributed by atoms with van der Waals surface area (Å²) in [5.41, 5.74) is 27.2. The molecule has 1 aromatic rings. The van der Waals surface area contributed by atoms with Gasteiger partial charge >= 0.3 is 5.97 Å². The van der Waals surface area contributed by atoms with Gasteiger partial charge in [0.25, 0.3) is 0 Å². The first-order chi connectivity index (χ1) is 26.3. The lowest BCUT2D eigenvalue weighted by Crippen LogP contribution is -2.59. The normalized spacial score (nSPS) is 16.2. The molecule has 22 nitrogen and oxygen atoms in total. The van der Waals surface area contributed by atoms with Crippen LogP contribution < -0.4 is 49.9 Å². The quantitative estimate of drug-likeness (QED) is 0.0470. The first-order valence-corrected chi connectivity index (χ1v) is 17.7. The molecule has 56 heavy (non-hydrogen) atoms. The average molecular weight is 791 g/mol. The third-order valence-corrected chi connectivity index (χ3v) is 8.79. The van der Waals surface area contributed by atoms with E-state index in [1.165, 1.54) is 24.3 Å². The van der Waals surface area contributed by atoms with Crippen LogP contribution >= 0.6 is 0 Å². The molecule has 308 valence electrons. The highest BCUT2D eigenvalue weighted by molar-refractivity contribution is 5.97. The van der Waals surface area contributed by atoms with Gasteiger partial charge in [0.1, 0.15) is 36.0 Å². The fourth-order valence-electron chi connectivity index (χ4n) is 5.75. The van der Waals surface area contributed by atoms with Crippen molar-refractivity contribution in [2.75, 3.05) is 6.54 Å². The molecule has 1 aliphatic rings. The van der Waals surface area contributed by atoms with Crippen molar-refractivity contribution >= 4 is 59.1 Å². The number of carbonyl (C=O) groups excluding carboxylic acids is 9. The number of carboxylic acid groups (broad SMARTS) is 1. The standard InChI is InChI=1S/C34H50N10O12/c35-19(7-11-25(36)46)29(50)40-20(8-12-26(37)47)30(51)42-22(10-14-28(39)49)33(54)44-15-1-2-24(44)32(53)41-21(9-13-27(38)48)31(52)43-23(34(55)56)16-17-3-5-18(45)6-4-17/h3-6,19-24,45H,1-2,7-16,35H2,(H2,36,46)(H2,37,47)(H2,38,48)(H2,39,49)(H,40,50)(H,41,53)(H,42,51)(H,43,52)(H,55,56)/t19-,20-,21-,22-,23-,24-/m0/s1. The zero-order valence-electron chi connectivity index (χ0n) is 30.6. The maximum absolute atomic E-state index is 14.0. The second-order valence-corrected chi connectivity index (χ2v) is 13.3. The van der Waals surface area contributed by atoms with Gasteiger partial charge in [-0.2, -0.15) is 0 Å². The number of benzene rings is 1. The van der Waals surface area contributed by atoms with Crippen LogP contribution in [0.1, 0.15) is 69.8 Å². The molecule has 0 spiro atoms. The lowest BCUT2D eigenvalue weighted by molar-refractivity contribution is -0.144. The number of phenolic OH excluding ortho intramolecular Hbond substituents is 1. The fourth-order valence-corrected chi connectivity index (χ4v) is 5.75. The summed E-state index contributed by atoms with van der Waals surface area (Å²) in [6.45, 7) is -0.0116. The summed E-state index contributed by atoms with van der Waals surface area (Å²) in [6, 6.07) is -2.87. The van der Waals surface area contributed by atoms with Gasteiger partial charge in [-0.05, 0) is 56.2 Å². The number of carboxylic acids is 1. The van der Waals surface area contributed by atoms with E-state index in [1.807, 2.05) is 0 Å². The second-order valence-electron chi connectivity index (χ2n) is 13.3. The summed E-state index contributed by atoms with van der Waals surface area (Å²) in [4.78, 5) is 126. The number of rotatable bonds is 24. The Balaban J connectivity index is 2.29. The molecule has 1 aromatic carbocycles. The predicted molar refractivity (Wildman–Crippen MR) is 194 cm³/mol. The molecule has 1 saturated heterocycles. The van der Waals surface area contributed by atoms with Gasteiger partial charge in [0.05, 0.1) is 6.04 Å². The Kier molecular flexibility index (Phi) is 18.1. The first kappa shape index (κ1) is 45.8. The van der Waals surface area contributed by atoms with Gasteiger partial charge in [0.15, 0.2) is 0 Å². The minimum absolute atomic E-state index is 0.0116. The third-order valence-electron chi connectivity index (χ3n) is 8.79. The maximum atomic E-state index is 14.0. The van der Waals surface area contributed by atoms with Crippen LogP contribution in [0, 0.1) is 0 Å².